The van der Waals surface area contributed by atoms with Crippen molar-refractivity contribution in [3.63, 3.8) is 0 Å². The number of amides is 1. The summed E-state index contributed by atoms with van der Waals surface area (Å²) in [6, 6.07) is 11.1. The van der Waals surface area contributed by atoms with E-state index < -0.39 is 11.7 Å². The minimum Gasteiger partial charge on any atom is -0.494 e. The summed E-state index contributed by atoms with van der Waals surface area (Å²) in [6.07, 6.45) is 1.09. The first kappa shape index (κ1) is 21.9. The number of nitrogens with zero attached hydrogens (tertiary/aromatic N) is 6. The molecule has 2 aromatic heterocycles. The predicted molar refractivity (Wildman–Crippen MR) is 117 cm³/mol. The van der Waals surface area contributed by atoms with Gasteiger partial charge in [-0.05, 0) is 41.5 Å². The maximum absolute atomic E-state index is 13.9. The van der Waals surface area contributed by atoms with E-state index in [1.54, 1.807) is 24.3 Å². The van der Waals surface area contributed by atoms with Crippen LogP contribution in [0.25, 0.3) is 17.1 Å². The Morgan fingerprint density at radius 2 is 2.15 bits per heavy atom. The van der Waals surface area contributed by atoms with E-state index in [1.807, 2.05) is 6.92 Å². The van der Waals surface area contributed by atoms with Crippen molar-refractivity contribution >= 4 is 29.5 Å². The van der Waals surface area contributed by atoms with E-state index >= 15 is 0 Å². The third-order valence-corrected chi connectivity index (χ3v) is 4.69. The van der Waals surface area contributed by atoms with E-state index in [-0.39, 0.29) is 33.6 Å². The van der Waals surface area contributed by atoms with Crippen LogP contribution in [-0.4, -0.2) is 44.0 Å². The normalized spacial score (nSPS) is 11.1. The highest BCUT2D eigenvalue weighted by atomic mass is 35.5. The summed E-state index contributed by atoms with van der Waals surface area (Å²) in [5.74, 6) is -0.764. The molecule has 0 unspecified atom stereocenters. The molecule has 168 valence electrons. The molecular weight excluding hydrogens is 455 g/mol. The molecule has 0 bridgehead atoms. The first-order chi connectivity index (χ1) is 16.0. The van der Waals surface area contributed by atoms with Crippen molar-refractivity contribution in [1.29, 1.82) is 0 Å². The third-order valence-electron chi connectivity index (χ3n) is 4.36. The Hall–Kier alpha value is -4.32. The van der Waals surface area contributed by atoms with Gasteiger partial charge in [0.2, 0.25) is 11.6 Å². The number of anilines is 1. The van der Waals surface area contributed by atoms with E-state index in [2.05, 4.69) is 35.8 Å². The van der Waals surface area contributed by atoms with Crippen LogP contribution in [-0.2, 0) is 0 Å². The zero-order valence-corrected chi connectivity index (χ0v) is 17.8. The molecule has 4 rings (SSSR count). The molecule has 13 heteroatoms. The molecule has 2 aromatic carbocycles. The highest BCUT2D eigenvalue weighted by Gasteiger charge is 2.25. The Morgan fingerprint density at radius 1 is 1.33 bits per heavy atom. The van der Waals surface area contributed by atoms with Crippen LogP contribution in [0.4, 0.5) is 10.2 Å². The van der Waals surface area contributed by atoms with Gasteiger partial charge in [0.15, 0.2) is 5.69 Å². The maximum Gasteiger partial charge on any atom is 0.294 e. The average Bonchev–Trinajstić information content (AvgIpc) is 3.42. The van der Waals surface area contributed by atoms with Gasteiger partial charge in [-0.25, -0.2) is 14.4 Å². The van der Waals surface area contributed by atoms with E-state index in [0.29, 0.717) is 17.9 Å². The zero-order chi connectivity index (χ0) is 23.4. The largest absolute Gasteiger partial charge is 0.494 e. The van der Waals surface area contributed by atoms with Crippen LogP contribution < -0.4 is 15.9 Å². The summed E-state index contributed by atoms with van der Waals surface area (Å²) in [7, 11) is 0. The summed E-state index contributed by atoms with van der Waals surface area (Å²) in [4.78, 5) is 12.9. The molecule has 11 nitrogen and oxygen atoms in total. The first-order valence-electron chi connectivity index (χ1n) is 9.54. The fraction of sp³-hybridized carbons (Fsp3) is 0.100. The second kappa shape index (κ2) is 9.44. The number of nitrogens with one attached hydrogen (secondary N) is 1. The molecular formula is C20H16ClFN8O3. The van der Waals surface area contributed by atoms with Crippen LogP contribution in [0.15, 0.2) is 52.2 Å². The fourth-order valence-electron chi connectivity index (χ4n) is 2.92. The molecule has 0 spiro atoms. The second-order valence-electron chi connectivity index (χ2n) is 6.47. The molecule has 0 aliphatic carbocycles. The molecule has 2 heterocycles. The Labute approximate surface area is 190 Å². The Morgan fingerprint density at radius 3 is 2.88 bits per heavy atom. The predicted octanol–water partition coefficient (Wildman–Crippen LogP) is 2.85. The van der Waals surface area contributed by atoms with Crippen molar-refractivity contribution in [3.05, 3.63) is 64.6 Å². The molecule has 0 saturated heterocycles. The fourth-order valence-corrected chi connectivity index (χ4v) is 3.13. The Balaban J connectivity index is 1.72. The maximum atomic E-state index is 13.9. The SMILES string of the molecule is CCOc1cccc(-c2c(C(=O)N/N=C/c3c(F)cccc3Cl)nnn2-c2nonc2N)c1. The average molecular weight is 471 g/mol. The van der Waals surface area contributed by atoms with Gasteiger partial charge >= 0.3 is 0 Å². The number of benzene rings is 2. The van der Waals surface area contributed by atoms with Crippen LogP contribution >= 0.6 is 11.6 Å². The number of aromatic nitrogens is 5. The van der Waals surface area contributed by atoms with Gasteiger partial charge in [0.1, 0.15) is 17.3 Å². The number of nitrogen functional groups attached to an aromatic ring is 1. The van der Waals surface area contributed by atoms with Crippen molar-refractivity contribution in [3.8, 4) is 22.8 Å². The second-order valence-corrected chi connectivity index (χ2v) is 6.87. The van der Waals surface area contributed by atoms with Gasteiger partial charge < -0.3 is 10.5 Å². The van der Waals surface area contributed by atoms with E-state index in [1.165, 1.54) is 22.9 Å². The monoisotopic (exact) mass is 470 g/mol. The quantitative estimate of drug-likeness (QED) is 0.309. The first-order valence-corrected chi connectivity index (χ1v) is 9.92. The molecule has 0 aliphatic rings. The van der Waals surface area contributed by atoms with Crippen LogP contribution in [0.3, 0.4) is 0 Å². The van der Waals surface area contributed by atoms with Crippen molar-refractivity contribution in [2.24, 2.45) is 5.10 Å². The van der Waals surface area contributed by atoms with Gasteiger partial charge in [-0.2, -0.15) is 9.78 Å². The van der Waals surface area contributed by atoms with E-state index in [9.17, 15) is 9.18 Å². The highest BCUT2D eigenvalue weighted by Crippen LogP contribution is 2.29. The summed E-state index contributed by atoms with van der Waals surface area (Å²) in [5.41, 5.74) is 8.77. The molecule has 33 heavy (non-hydrogen) atoms. The number of rotatable bonds is 7. The molecule has 4 aromatic rings. The van der Waals surface area contributed by atoms with Gasteiger partial charge in [-0.1, -0.05) is 35.0 Å². The molecule has 0 saturated carbocycles. The molecule has 0 radical (unpaired) electrons. The van der Waals surface area contributed by atoms with Gasteiger partial charge in [0.25, 0.3) is 5.91 Å². The summed E-state index contributed by atoms with van der Waals surface area (Å²) in [5, 5.41) is 19.1. The van der Waals surface area contributed by atoms with Gasteiger partial charge in [0.05, 0.1) is 17.8 Å². The third kappa shape index (κ3) is 4.50. The van der Waals surface area contributed by atoms with E-state index in [0.717, 1.165) is 6.21 Å². The van der Waals surface area contributed by atoms with Gasteiger partial charge in [-0.15, -0.1) is 5.10 Å². The number of halogens is 2. The highest BCUT2D eigenvalue weighted by molar-refractivity contribution is 6.33. The van der Waals surface area contributed by atoms with Crippen LogP contribution in [0.5, 0.6) is 5.75 Å². The molecule has 3 N–H and O–H groups in total. The smallest absolute Gasteiger partial charge is 0.294 e. The number of hydrogen-bond donors (Lipinski definition) is 2. The van der Waals surface area contributed by atoms with E-state index in [4.69, 9.17) is 22.1 Å². The number of carbonyl (C=O) groups is 1. The number of hydrazone groups is 1. The lowest BCUT2D eigenvalue weighted by molar-refractivity contribution is 0.0950. The van der Waals surface area contributed by atoms with Crippen molar-refractivity contribution in [2.75, 3.05) is 12.3 Å². The number of nitrogens with two attached hydrogens (primary N) is 1. The van der Waals surface area contributed by atoms with Crippen LogP contribution in [0.1, 0.15) is 23.0 Å². The standard InChI is InChI=1S/C20H16ClFN8O3/c1-2-32-12-6-3-5-11(9-12)17-16(25-29-30(17)19-18(23)27-33-28-19)20(31)26-24-10-13-14(21)7-4-8-15(13)22/h3-10H,2H2,1H3,(H2,23,27)(H,26,31)/b24-10+. The Bertz CT molecular complexity index is 1320. The molecule has 0 fully saturated rings. The lowest BCUT2D eigenvalue weighted by Gasteiger charge is -2.08. The number of hydrogen-bond acceptors (Lipinski definition) is 9. The minimum atomic E-state index is -0.725. The number of ether oxygens (including phenoxy) is 1. The van der Waals surface area contributed by atoms with Crippen LogP contribution in [0, 0.1) is 5.82 Å². The number of carbonyl (C=O) groups excluding carboxylic acids is 1. The topological polar surface area (TPSA) is 146 Å². The van der Waals surface area contributed by atoms with Crippen molar-refractivity contribution in [2.45, 2.75) is 6.92 Å². The summed E-state index contributed by atoms with van der Waals surface area (Å²) in [6.45, 7) is 2.29. The summed E-state index contributed by atoms with van der Waals surface area (Å²) < 4.78 is 25.3. The van der Waals surface area contributed by atoms with Crippen molar-refractivity contribution < 1.29 is 18.6 Å². The zero-order valence-electron chi connectivity index (χ0n) is 17.1. The van der Waals surface area contributed by atoms with Crippen molar-refractivity contribution in [1.82, 2.24) is 30.7 Å². The van der Waals surface area contributed by atoms with Gasteiger partial charge in [-0.3, -0.25) is 4.79 Å². The molecule has 0 aliphatic heterocycles. The van der Waals surface area contributed by atoms with Gasteiger partial charge in [0, 0.05) is 11.1 Å². The summed E-state index contributed by atoms with van der Waals surface area (Å²) >= 11 is 5.97. The lowest BCUT2D eigenvalue weighted by Crippen LogP contribution is -2.19. The minimum absolute atomic E-state index is 0.0224. The van der Waals surface area contributed by atoms with Crippen LogP contribution in [0.2, 0.25) is 5.02 Å². The molecule has 0 atom stereocenters. The lowest BCUT2D eigenvalue weighted by atomic mass is 10.1. The molecule has 1 amide bonds. The Kier molecular flexibility index (Phi) is 6.26.